The first-order valence-corrected chi connectivity index (χ1v) is 7.89. The number of hydrogen-bond donors (Lipinski definition) is 1. The summed E-state index contributed by atoms with van der Waals surface area (Å²) in [5, 5.41) is 2.60. The van der Waals surface area contributed by atoms with Crippen LogP contribution in [0.15, 0.2) is 42.6 Å². The lowest BCUT2D eigenvalue weighted by atomic mass is 10.2. The number of nitrogens with zero attached hydrogens (tertiary/aromatic N) is 1. The third-order valence-corrected chi connectivity index (χ3v) is 3.38. The van der Waals surface area contributed by atoms with Gasteiger partial charge in [0.2, 0.25) is 5.88 Å². The van der Waals surface area contributed by atoms with Crippen molar-refractivity contribution < 1.29 is 27.4 Å². The van der Waals surface area contributed by atoms with Crippen molar-refractivity contribution >= 4 is 5.91 Å². The van der Waals surface area contributed by atoms with Crippen LogP contribution in [-0.2, 0) is 11.3 Å². The Morgan fingerprint density at radius 1 is 1.23 bits per heavy atom. The summed E-state index contributed by atoms with van der Waals surface area (Å²) < 4.78 is 47.1. The maximum atomic E-state index is 12.3. The highest BCUT2D eigenvalue weighted by atomic mass is 19.4. The molecule has 1 heterocycles. The van der Waals surface area contributed by atoms with E-state index in [9.17, 15) is 18.0 Å². The second-order valence-corrected chi connectivity index (χ2v) is 5.66. The molecule has 0 bridgehead atoms. The molecule has 0 radical (unpaired) electrons. The number of halogens is 3. The van der Waals surface area contributed by atoms with Crippen LogP contribution in [0.25, 0.3) is 0 Å². The van der Waals surface area contributed by atoms with Crippen LogP contribution in [0.2, 0.25) is 0 Å². The van der Waals surface area contributed by atoms with Crippen LogP contribution in [0.1, 0.15) is 18.1 Å². The van der Waals surface area contributed by atoms with Gasteiger partial charge in [0.05, 0.1) is 0 Å². The Morgan fingerprint density at radius 2 is 1.92 bits per heavy atom. The summed E-state index contributed by atoms with van der Waals surface area (Å²) >= 11 is 0. The Morgan fingerprint density at radius 3 is 2.58 bits per heavy atom. The molecule has 0 saturated carbocycles. The lowest BCUT2D eigenvalue weighted by molar-refractivity contribution is -0.154. The van der Waals surface area contributed by atoms with Gasteiger partial charge in [-0.2, -0.15) is 13.2 Å². The number of rotatable bonds is 7. The molecule has 0 aliphatic carbocycles. The summed E-state index contributed by atoms with van der Waals surface area (Å²) in [6.45, 7) is 2.05. The van der Waals surface area contributed by atoms with Crippen LogP contribution in [0.3, 0.4) is 0 Å². The standard InChI is InChI=1S/C18H19F3N2O3/c1-12-5-7-15(8-6-12)26-13(2)16(24)23-10-14-4-3-9-22-17(14)25-11-18(19,20)21/h3-9,13H,10-11H2,1-2H3,(H,23,24). The zero-order chi connectivity index (χ0) is 19.2. The highest BCUT2D eigenvalue weighted by Crippen LogP contribution is 2.20. The molecule has 1 atom stereocenters. The van der Waals surface area contributed by atoms with Gasteiger partial charge in [-0.05, 0) is 32.0 Å². The van der Waals surface area contributed by atoms with E-state index in [0.29, 0.717) is 11.3 Å². The van der Waals surface area contributed by atoms with Gasteiger partial charge in [0.15, 0.2) is 12.7 Å². The van der Waals surface area contributed by atoms with E-state index in [4.69, 9.17) is 4.74 Å². The number of ether oxygens (including phenoxy) is 2. The normalized spacial score (nSPS) is 12.3. The van der Waals surface area contributed by atoms with Crippen molar-refractivity contribution in [1.82, 2.24) is 10.3 Å². The highest BCUT2D eigenvalue weighted by Gasteiger charge is 2.29. The number of pyridine rings is 1. The number of carbonyl (C=O) groups is 1. The number of aryl methyl sites for hydroxylation is 1. The summed E-state index contributed by atoms with van der Waals surface area (Å²) in [6.07, 6.45) is -3.91. The first kappa shape index (κ1) is 19.6. The molecule has 0 aliphatic rings. The third-order valence-electron chi connectivity index (χ3n) is 3.38. The quantitative estimate of drug-likeness (QED) is 0.814. The zero-order valence-electron chi connectivity index (χ0n) is 14.3. The van der Waals surface area contributed by atoms with Crippen LogP contribution in [0.4, 0.5) is 13.2 Å². The maximum Gasteiger partial charge on any atom is 0.422 e. The van der Waals surface area contributed by atoms with E-state index in [1.165, 1.54) is 12.3 Å². The molecule has 0 aliphatic heterocycles. The van der Waals surface area contributed by atoms with Crippen molar-refractivity contribution in [3.05, 3.63) is 53.7 Å². The van der Waals surface area contributed by atoms with Crippen LogP contribution >= 0.6 is 0 Å². The molecule has 0 spiro atoms. The Labute approximate surface area is 149 Å². The lowest BCUT2D eigenvalue weighted by Gasteiger charge is -2.16. The zero-order valence-corrected chi connectivity index (χ0v) is 14.3. The molecule has 140 valence electrons. The molecule has 1 unspecified atom stereocenters. The van der Waals surface area contributed by atoms with Gasteiger partial charge >= 0.3 is 6.18 Å². The van der Waals surface area contributed by atoms with Crippen molar-refractivity contribution in [3.63, 3.8) is 0 Å². The Bertz CT molecular complexity index is 733. The summed E-state index contributed by atoms with van der Waals surface area (Å²) in [4.78, 5) is 15.9. The summed E-state index contributed by atoms with van der Waals surface area (Å²) in [7, 11) is 0. The topological polar surface area (TPSA) is 60.5 Å². The second-order valence-electron chi connectivity index (χ2n) is 5.66. The SMILES string of the molecule is Cc1ccc(OC(C)C(=O)NCc2cccnc2OCC(F)(F)F)cc1. The fourth-order valence-electron chi connectivity index (χ4n) is 2.04. The molecule has 1 N–H and O–H groups in total. The number of benzene rings is 1. The maximum absolute atomic E-state index is 12.3. The molecule has 2 rings (SSSR count). The van der Waals surface area contributed by atoms with E-state index in [1.54, 1.807) is 25.1 Å². The minimum absolute atomic E-state index is 0.0263. The number of nitrogens with one attached hydrogen (secondary N) is 1. The molecule has 1 aromatic carbocycles. The van der Waals surface area contributed by atoms with Crippen molar-refractivity contribution in [2.75, 3.05) is 6.61 Å². The van der Waals surface area contributed by atoms with E-state index >= 15 is 0 Å². The summed E-state index contributed by atoms with van der Waals surface area (Å²) in [5.74, 6) is -0.0257. The molecule has 0 fully saturated rings. The van der Waals surface area contributed by atoms with Crippen molar-refractivity contribution in [1.29, 1.82) is 0 Å². The molecule has 1 aromatic heterocycles. The fourth-order valence-corrected chi connectivity index (χ4v) is 2.04. The van der Waals surface area contributed by atoms with Gasteiger partial charge in [-0.15, -0.1) is 0 Å². The summed E-state index contributed by atoms with van der Waals surface area (Å²) in [6, 6.07) is 10.3. The first-order chi connectivity index (χ1) is 12.2. The van der Waals surface area contributed by atoms with Gasteiger partial charge in [0.1, 0.15) is 5.75 Å². The van der Waals surface area contributed by atoms with E-state index in [1.807, 2.05) is 19.1 Å². The molecule has 26 heavy (non-hydrogen) atoms. The monoisotopic (exact) mass is 368 g/mol. The van der Waals surface area contributed by atoms with Crippen molar-refractivity contribution in [2.24, 2.45) is 0 Å². The smallest absolute Gasteiger partial charge is 0.422 e. The number of hydrogen-bond acceptors (Lipinski definition) is 4. The molecule has 8 heteroatoms. The molecule has 2 aromatic rings. The Kier molecular flexibility index (Phi) is 6.43. The van der Waals surface area contributed by atoms with Gasteiger partial charge in [-0.25, -0.2) is 4.98 Å². The van der Waals surface area contributed by atoms with E-state index < -0.39 is 24.8 Å². The Balaban J connectivity index is 1.91. The van der Waals surface area contributed by atoms with Crippen LogP contribution < -0.4 is 14.8 Å². The average molecular weight is 368 g/mol. The van der Waals surface area contributed by atoms with Crippen LogP contribution in [0.5, 0.6) is 11.6 Å². The van der Waals surface area contributed by atoms with Gasteiger partial charge in [0, 0.05) is 18.3 Å². The minimum atomic E-state index is -4.46. The number of alkyl halides is 3. The minimum Gasteiger partial charge on any atom is -0.481 e. The number of amides is 1. The van der Waals surface area contributed by atoms with E-state index in [-0.39, 0.29) is 12.4 Å². The average Bonchev–Trinajstić information content (AvgIpc) is 2.59. The van der Waals surface area contributed by atoms with Crippen LogP contribution in [0, 0.1) is 6.92 Å². The lowest BCUT2D eigenvalue weighted by Crippen LogP contribution is -2.36. The number of aromatic nitrogens is 1. The Hall–Kier alpha value is -2.77. The first-order valence-electron chi connectivity index (χ1n) is 7.89. The largest absolute Gasteiger partial charge is 0.481 e. The van der Waals surface area contributed by atoms with Gasteiger partial charge < -0.3 is 14.8 Å². The predicted molar refractivity (Wildman–Crippen MR) is 88.9 cm³/mol. The van der Waals surface area contributed by atoms with Crippen molar-refractivity contribution in [2.45, 2.75) is 32.7 Å². The molecular formula is C18H19F3N2O3. The predicted octanol–water partition coefficient (Wildman–Crippen LogP) is 3.41. The second kappa shape index (κ2) is 8.55. The van der Waals surface area contributed by atoms with Gasteiger partial charge in [-0.1, -0.05) is 23.8 Å². The molecular weight excluding hydrogens is 349 g/mol. The third kappa shape index (κ3) is 6.27. The molecule has 5 nitrogen and oxygen atoms in total. The fraction of sp³-hybridized carbons (Fsp3) is 0.333. The molecule has 1 amide bonds. The van der Waals surface area contributed by atoms with Crippen LogP contribution in [-0.4, -0.2) is 29.8 Å². The van der Waals surface area contributed by atoms with Gasteiger partial charge in [0.25, 0.3) is 5.91 Å². The van der Waals surface area contributed by atoms with Gasteiger partial charge in [-0.3, -0.25) is 4.79 Å². The molecule has 0 saturated heterocycles. The van der Waals surface area contributed by atoms with Crippen molar-refractivity contribution in [3.8, 4) is 11.6 Å². The van der Waals surface area contributed by atoms with E-state index in [2.05, 4.69) is 15.0 Å². The van der Waals surface area contributed by atoms with E-state index in [0.717, 1.165) is 5.56 Å². The summed E-state index contributed by atoms with van der Waals surface area (Å²) in [5.41, 5.74) is 1.41. The number of carbonyl (C=O) groups excluding carboxylic acids is 1. The highest BCUT2D eigenvalue weighted by molar-refractivity contribution is 5.80.